The average Bonchev–Trinajstić information content (AvgIpc) is 3.57. The third-order valence-corrected chi connectivity index (χ3v) is 11.5. The maximum absolute atomic E-state index is 13.8. The quantitative estimate of drug-likeness (QED) is 0.151. The van der Waals surface area contributed by atoms with E-state index in [-0.39, 0.29) is 17.7 Å². The van der Waals surface area contributed by atoms with Gasteiger partial charge in [-0.25, -0.2) is 4.68 Å². The molecule has 1 aromatic carbocycles. The van der Waals surface area contributed by atoms with Gasteiger partial charge >= 0.3 is 0 Å². The summed E-state index contributed by atoms with van der Waals surface area (Å²) in [5.74, 6) is 0.657. The molecule has 1 unspecified atom stereocenters. The molecule has 3 aromatic rings. The van der Waals surface area contributed by atoms with E-state index in [1.807, 2.05) is 35.9 Å². The van der Waals surface area contributed by atoms with Crippen molar-refractivity contribution in [2.75, 3.05) is 23.9 Å². The van der Waals surface area contributed by atoms with Gasteiger partial charge in [-0.1, -0.05) is 51.5 Å². The number of amides is 2. The molecule has 252 valence electrons. The molecule has 2 amide bonds. The minimum absolute atomic E-state index is 0.0439. The maximum atomic E-state index is 13.8. The molecule has 1 fully saturated rings. The second-order valence-electron chi connectivity index (χ2n) is 14.0. The highest BCUT2D eigenvalue weighted by molar-refractivity contribution is 7.84. The molecule has 0 saturated heterocycles. The molecule has 1 aliphatic carbocycles. The Morgan fingerprint density at radius 2 is 1.76 bits per heavy atom. The first-order chi connectivity index (χ1) is 21.8. The Labute approximate surface area is 277 Å². The van der Waals surface area contributed by atoms with E-state index in [9.17, 15) is 13.8 Å². The molecule has 2 N–H and O–H groups in total. The third kappa shape index (κ3) is 9.95. The number of aryl methyl sites for hydroxylation is 2. The fraction of sp³-hybridized carbons (Fsp3) is 0.588. The molecule has 4 rings (SSSR count). The molecule has 0 spiro atoms. The number of nitrogens with zero attached hydrogens (tertiary/aromatic N) is 4. The van der Waals surface area contributed by atoms with E-state index in [1.165, 1.54) is 0 Å². The van der Waals surface area contributed by atoms with Crippen LogP contribution in [-0.4, -0.2) is 68.3 Å². The van der Waals surface area contributed by atoms with Crippen molar-refractivity contribution in [2.45, 2.75) is 97.9 Å². The number of nitrogens with one attached hydrogen (secondary N) is 2. The highest BCUT2D eigenvalue weighted by atomic mass is 32.2. The van der Waals surface area contributed by atoms with Gasteiger partial charge in [0.25, 0.3) is 5.91 Å². The standard InChI is InChI=1S/C34H52N6O4SSi/c1-24-9-11-28(12-10-24)32(37-33(41)30-17-18-35-39(30)19-8-21-45(4)43)34(42)36-29-15-13-27(14-16-29)31-25(2)38-40(26(31)3)23-44-20-22-46(5,6)7/h13-18,24,28,32H,8-12,19-23H2,1-7H3,(H,36,42)(H,37,41)/t24?,28?,32-,45?/m0/s1. The Balaban J connectivity index is 1.44. The van der Waals surface area contributed by atoms with Crippen LogP contribution in [0.3, 0.4) is 0 Å². The highest BCUT2D eigenvalue weighted by Gasteiger charge is 2.33. The third-order valence-electron chi connectivity index (χ3n) is 8.88. The lowest BCUT2D eigenvalue weighted by Crippen LogP contribution is -2.49. The SMILES string of the molecule is Cc1nn(COCC[Si](C)(C)C)c(C)c1-c1ccc(NC(=O)[C@@H](NC(=O)c2ccnn2CCCS(C)=O)C2CCC(C)CC2)cc1. The number of aromatic nitrogens is 4. The van der Waals surface area contributed by atoms with Crippen LogP contribution in [0.1, 0.15) is 60.9 Å². The van der Waals surface area contributed by atoms with Crippen LogP contribution < -0.4 is 10.6 Å². The summed E-state index contributed by atoms with van der Waals surface area (Å²) in [6.45, 7) is 15.0. The van der Waals surface area contributed by atoms with Gasteiger partial charge in [-0.05, 0) is 74.8 Å². The number of rotatable bonds is 15. The van der Waals surface area contributed by atoms with Gasteiger partial charge in [-0.2, -0.15) is 10.2 Å². The minimum atomic E-state index is -1.15. The molecule has 0 aliphatic heterocycles. The van der Waals surface area contributed by atoms with Gasteiger partial charge in [0.2, 0.25) is 5.91 Å². The first-order valence-electron chi connectivity index (χ1n) is 16.5. The summed E-state index contributed by atoms with van der Waals surface area (Å²) in [4.78, 5) is 27.2. The predicted octanol–water partition coefficient (Wildman–Crippen LogP) is 6.01. The van der Waals surface area contributed by atoms with Gasteiger partial charge in [0, 0.05) is 67.2 Å². The number of carbonyl (C=O) groups is 2. The Hall–Kier alpha value is -3.09. The molecular formula is C34H52N6O4SSi. The van der Waals surface area contributed by atoms with E-state index in [0.29, 0.717) is 42.7 Å². The van der Waals surface area contributed by atoms with Crippen molar-refractivity contribution in [1.82, 2.24) is 24.9 Å². The highest BCUT2D eigenvalue weighted by Crippen LogP contribution is 2.32. The second kappa shape index (κ2) is 16.1. The zero-order chi connectivity index (χ0) is 33.4. The van der Waals surface area contributed by atoms with E-state index in [4.69, 9.17) is 9.84 Å². The number of carbonyl (C=O) groups excluding carboxylic acids is 2. The zero-order valence-corrected chi connectivity index (χ0v) is 30.4. The molecule has 1 aliphatic rings. The molecule has 0 bridgehead atoms. The molecule has 2 atom stereocenters. The first-order valence-corrected chi connectivity index (χ1v) is 21.9. The Bertz CT molecular complexity index is 1490. The molecular weight excluding hydrogens is 617 g/mol. The summed E-state index contributed by atoms with van der Waals surface area (Å²) in [5, 5.41) is 15.1. The predicted molar refractivity (Wildman–Crippen MR) is 188 cm³/mol. The van der Waals surface area contributed by atoms with E-state index < -0.39 is 24.9 Å². The van der Waals surface area contributed by atoms with Crippen LogP contribution in [-0.2, 0) is 33.6 Å². The summed E-state index contributed by atoms with van der Waals surface area (Å²) in [6.07, 6.45) is 7.72. The first kappa shape index (κ1) is 35.8. The summed E-state index contributed by atoms with van der Waals surface area (Å²) < 4.78 is 21.0. The smallest absolute Gasteiger partial charge is 0.270 e. The summed E-state index contributed by atoms with van der Waals surface area (Å²) in [6, 6.07) is 9.92. The monoisotopic (exact) mass is 668 g/mol. The van der Waals surface area contributed by atoms with Crippen molar-refractivity contribution < 1.29 is 18.5 Å². The molecule has 0 radical (unpaired) electrons. The van der Waals surface area contributed by atoms with Crippen LogP contribution in [0, 0.1) is 25.7 Å². The second-order valence-corrected chi connectivity index (χ2v) is 21.2. The molecule has 10 nitrogen and oxygen atoms in total. The van der Waals surface area contributed by atoms with Crippen molar-refractivity contribution in [3.05, 3.63) is 53.6 Å². The molecule has 12 heteroatoms. The van der Waals surface area contributed by atoms with E-state index >= 15 is 0 Å². The van der Waals surface area contributed by atoms with Gasteiger partial charge in [-0.3, -0.25) is 18.5 Å². The molecule has 2 heterocycles. The lowest BCUT2D eigenvalue weighted by atomic mass is 9.79. The summed E-state index contributed by atoms with van der Waals surface area (Å²) in [7, 11) is -2.06. The molecule has 46 heavy (non-hydrogen) atoms. The lowest BCUT2D eigenvalue weighted by molar-refractivity contribution is -0.119. The van der Waals surface area contributed by atoms with Gasteiger partial charge in [0.15, 0.2) is 0 Å². The Morgan fingerprint density at radius 3 is 2.41 bits per heavy atom. The number of ether oxygens (including phenoxy) is 1. The van der Waals surface area contributed by atoms with Crippen LogP contribution in [0.5, 0.6) is 0 Å². The number of hydrogen-bond donors (Lipinski definition) is 2. The number of benzene rings is 1. The number of hydrogen-bond acceptors (Lipinski definition) is 6. The van der Waals surface area contributed by atoms with Crippen LogP contribution in [0.2, 0.25) is 25.7 Å². The fourth-order valence-electron chi connectivity index (χ4n) is 6.06. The average molecular weight is 669 g/mol. The minimum Gasteiger partial charge on any atom is -0.360 e. The van der Waals surface area contributed by atoms with Crippen molar-refractivity contribution in [3.8, 4) is 11.1 Å². The van der Waals surface area contributed by atoms with Crippen LogP contribution in [0.4, 0.5) is 5.69 Å². The van der Waals surface area contributed by atoms with E-state index in [0.717, 1.165) is 60.8 Å². The van der Waals surface area contributed by atoms with Crippen molar-refractivity contribution in [2.24, 2.45) is 11.8 Å². The topological polar surface area (TPSA) is 120 Å². The van der Waals surface area contributed by atoms with Gasteiger partial charge in [-0.15, -0.1) is 0 Å². The zero-order valence-electron chi connectivity index (χ0n) is 28.6. The van der Waals surface area contributed by atoms with E-state index in [2.05, 4.69) is 49.2 Å². The van der Waals surface area contributed by atoms with Crippen molar-refractivity contribution in [3.63, 3.8) is 0 Å². The maximum Gasteiger partial charge on any atom is 0.270 e. The Kier molecular flexibility index (Phi) is 12.5. The normalized spacial score (nSPS) is 18.2. The Morgan fingerprint density at radius 1 is 1.07 bits per heavy atom. The molecule has 1 saturated carbocycles. The van der Waals surface area contributed by atoms with Crippen LogP contribution in [0.25, 0.3) is 11.1 Å². The van der Waals surface area contributed by atoms with E-state index in [1.54, 1.807) is 23.2 Å². The summed E-state index contributed by atoms with van der Waals surface area (Å²) in [5.41, 5.74) is 5.13. The fourth-order valence-corrected chi connectivity index (χ4v) is 7.36. The van der Waals surface area contributed by atoms with Gasteiger partial charge in [0.1, 0.15) is 18.5 Å². The van der Waals surface area contributed by atoms with Crippen molar-refractivity contribution >= 4 is 36.4 Å². The summed E-state index contributed by atoms with van der Waals surface area (Å²) >= 11 is 0. The molecule has 2 aromatic heterocycles. The van der Waals surface area contributed by atoms with Crippen molar-refractivity contribution in [1.29, 1.82) is 0 Å². The van der Waals surface area contributed by atoms with Crippen LogP contribution in [0.15, 0.2) is 36.5 Å². The number of anilines is 1. The van der Waals surface area contributed by atoms with Gasteiger partial charge < -0.3 is 15.4 Å². The largest absolute Gasteiger partial charge is 0.360 e. The van der Waals surface area contributed by atoms with Gasteiger partial charge in [0.05, 0.1) is 5.69 Å². The van der Waals surface area contributed by atoms with Crippen LogP contribution >= 0.6 is 0 Å². The lowest BCUT2D eigenvalue weighted by Gasteiger charge is -2.32.